The van der Waals surface area contributed by atoms with E-state index in [1.54, 1.807) is 0 Å². The first kappa shape index (κ1) is 12.2. The van der Waals surface area contributed by atoms with Gasteiger partial charge in [-0.15, -0.1) is 0 Å². The van der Waals surface area contributed by atoms with E-state index in [2.05, 4.69) is 15.1 Å². The van der Waals surface area contributed by atoms with Crippen LogP contribution in [0.5, 0.6) is 0 Å². The van der Waals surface area contributed by atoms with Gasteiger partial charge in [0.25, 0.3) is 0 Å². The molecule has 2 heterocycles. The van der Waals surface area contributed by atoms with Gasteiger partial charge in [0.15, 0.2) is 0 Å². The quantitative estimate of drug-likeness (QED) is 0.651. The van der Waals surface area contributed by atoms with Crippen LogP contribution >= 0.6 is 11.6 Å². The molecule has 0 unspecified atom stereocenters. The monoisotopic (exact) mass is 266 g/mol. The molecule has 8 heteroatoms. The summed E-state index contributed by atoms with van der Waals surface area (Å²) in [5.74, 6) is -0.524. The van der Waals surface area contributed by atoms with Crippen LogP contribution in [0.15, 0.2) is 18.6 Å². The maximum atomic E-state index is 12.0. The fourth-order valence-corrected chi connectivity index (χ4v) is 1.56. The molecule has 0 aliphatic heterocycles. The van der Waals surface area contributed by atoms with E-state index in [9.17, 15) is 9.59 Å². The molecule has 0 aliphatic rings. The van der Waals surface area contributed by atoms with Crippen LogP contribution < -0.4 is 0 Å². The lowest BCUT2D eigenvalue weighted by Crippen LogP contribution is -2.13. The highest BCUT2D eigenvalue weighted by molar-refractivity contribution is 6.33. The molecule has 7 nitrogen and oxygen atoms in total. The lowest BCUT2D eigenvalue weighted by atomic mass is 10.1. The zero-order chi connectivity index (χ0) is 13.3. The smallest absolute Gasteiger partial charge is 0.432 e. The maximum absolute atomic E-state index is 12.0. The van der Waals surface area contributed by atoms with Crippen LogP contribution in [0.2, 0.25) is 5.15 Å². The minimum absolute atomic E-state index is 0.00229. The second-order valence-electron chi connectivity index (χ2n) is 3.42. The van der Waals surface area contributed by atoms with Crippen LogP contribution in [0.3, 0.4) is 0 Å². The number of halogens is 1. The molecule has 2 aromatic heterocycles. The molecule has 1 N–H and O–H groups in total. The van der Waals surface area contributed by atoms with E-state index in [1.165, 1.54) is 25.5 Å². The number of aryl methyl sites for hydroxylation is 1. The van der Waals surface area contributed by atoms with Crippen LogP contribution in [0, 0.1) is 6.92 Å². The number of carbonyl (C=O) groups excluding carboxylic acids is 1. The van der Waals surface area contributed by atoms with Crippen molar-refractivity contribution in [1.82, 2.24) is 19.7 Å². The van der Waals surface area contributed by atoms with Gasteiger partial charge in [0, 0.05) is 11.9 Å². The molecule has 2 rings (SSSR count). The Balaban J connectivity index is 2.44. The molecule has 0 spiro atoms. The van der Waals surface area contributed by atoms with Crippen LogP contribution in [0.25, 0.3) is 0 Å². The normalized spacial score (nSPS) is 10.3. The van der Waals surface area contributed by atoms with E-state index < -0.39 is 11.9 Å². The van der Waals surface area contributed by atoms with Gasteiger partial charge < -0.3 is 5.11 Å². The summed E-state index contributed by atoms with van der Waals surface area (Å²) in [6, 6.07) is 1.36. The van der Waals surface area contributed by atoms with Crippen molar-refractivity contribution in [2.45, 2.75) is 6.92 Å². The van der Waals surface area contributed by atoms with Crippen molar-refractivity contribution in [2.75, 3.05) is 0 Å². The molecule has 0 radical (unpaired) electrons. The molecule has 0 saturated carbocycles. The van der Waals surface area contributed by atoms with Gasteiger partial charge in [0.1, 0.15) is 17.2 Å². The van der Waals surface area contributed by atoms with Crippen LogP contribution in [-0.4, -0.2) is 36.7 Å². The summed E-state index contributed by atoms with van der Waals surface area (Å²) >= 11 is 5.76. The average Bonchev–Trinajstić information content (AvgIpc) is 2.71. The summed E-state index contributed by atoms with van der Waals surface area (Å²) < 4.78 is 0.713. The molecule has 0 saturated heterocycles. The summed E-state index contributed by atoms with van der Waals surface area (Å²) in [4.78, 5) is 30.2. The molecule has 2 aromatic rings. The number of ketones is 1. The van der Waals surface area contributed by atoms with Crippen LogP contribution in [0.1, 0.15) is 21.7 Å². The Morgan fingerprint density at radius 3 is 2.72 bits per heavy atom. The number of carboxylic acid groups (broad SMARTS) is 1. The summed E-state index contributed by atoms with van der Waals surface area (Å²) in [5, 5.41) is 12.5. The number of carbonyl (C=O) groups is 2. The Morgan fingerprint density at radius 2 is 2.17 bits per heavy atom. The fourth-order valence-electron chi connectivity index (χ4n) is 1.38. The van der Waals surface area contributed by atoms with Crippen molar-refractivity contribution in [3.05, 3.63) is 40.7 Å². The molecule has 0 aliphatic carbocycles. The van der Waals surface area contributed by atoms with Gasteiger partial charge in [0.2, 0.25) is 5.78 Å². The molecular formula is C10H7ClN4O3. The van der Waals surface area contributed by atoms with Crippen molar-refractivity contribution in [3.8, 4) is 0 Å². The van der Waals surface area contributed by atoms with E-state index in [1.807, 2.05) is 0 Å². The summed E-state index contributed by atoms with van der Waals surface area (Å²) in [6.07, 6.45) is 1.20. The number of hydrogen-bond acceptors (Lipinski definition) is 5. The Labute approximate surface area is 106 Å². The molecule has 0 fully saturated rings. The first-order valence-electron chi connectivity index (χ1n) is 4.81. The fraction of sp³-hybridized carbons (Fsp3) is 0.100. The standard InChI is InChI=1S/C10H7ClN4O3/c1-5-2-7(14-15(5)10(17)18)8(16)6-3-12-4-13-9(6)11/h2-4H,1H3,(H,17,18). The zero-order valence-corrected chi connectivity index (χ0v) is 9.92. The summed E-state index contributed by atoms with van der Waals surface area (Å²) in [7, 11) is 0. The van der Waals surface area contributed by atoms with E-state index in [0.717, 1.165) is 0 Å². The number of aromatic nitrogens is 4. The topological polar surface area (TPSA) is 98.0 Å². The predicted octanol–water partition coefficient (Wildman–Crippen LogP) is 1.39. The van der Waals surface area contributed by atoms with Gasteiger partial charge in [-0.3, -0.25) is 4.79 Å². The van der Waals surface area contributed by atoms with Gasteiger partial charge in [-0.2, -0.15) is 9.78 Å². The van der Waals surface area contributed by atoms with Gasteiger partial charge in [-0.1, -0.05) is 11.6 Å². The molecule has 0 atom stereocenters. The molecule has 0 aromatic carbocycles. The second-order valence-corrected chi connectivity index (χ2v) is 3.78. The lowest BCUT2D eigenvalue weighted by molar-refractivity contribution is 0.103. The minimum Gasteiger partial charge on any atom is -0.463 e. The van der Waals surface area contributed by atoms with Crippen LogP contribution in [-0.2, 0) is 0 Å². The largest absolute Gasteiger partial charge is 0.463 e. The third kappa shape index (κ3) is 2.07. The van der Waals surface area contributed by atoms with E-state index in [4.69, 9.17) is 16.7 Å². The van der Waals surface area contributed by atoms with Crippen molar-refractivity contribution >= 4 is 23.5 Å². The van der Waals surface area contributed by atoms with Crippen molar-refractivity contribution in [3.63, 3.8) is 0 Å². The van der Waals surface area contributed by atoms with Gasteiger partial charge >= 0.3 is 6.09 Å². The van der Waals surface area contributed by atoms with Crippen molar-refractivity contribution in [1.29, 1.82) is 0 Å². The molecule has 0 amide bonds. The third-order valence-corrected chi connectivity index (χ3v) is 2.51. The Morgan fingerprint density at radius 1 is 1.44 bits per heavy atom. The zero-order valence-electron chi connectivity index (χ0n) is 9.16. The van der Waals surface area contributed by atoms with E-state index in [0.29, 0.717) is 10.4 Å². The SMILES string of the molecule is Cc1cc(C(=O)c2cncnc2Cl)nn1C(=O)O. The Kier molecular flexibility index (Phi) is 3.07. The van der Waals surface area contributed by atoms with E-state index in [-0.39, 0.29) is 16.4 Å². The van der Waals surface area contributed by atoms with Gasteiger partial charge in [0.05, 0.1) is 5.56 Å². The third-order valence-electron chi connectivity index (χ3n) is 2.21. The van der Waals surface area contributed by atoms with Crippen molar-refractivity contribution < 1.29 is 14.7 Å². The highest BCUT2D eigenvalue weighted by atomic mass is 35.5. The average molecular weight is 267 g/mol. The number of hydrogen-bond donors (Lipinski definition) is 1. The molecule has 18 heavy (non-hydrogen) atoms. The first-order chi connectivity index (χ1) is 8.50. The first-order valence-corrected chi connectivity index (χ1v) is 5.18. The maximum Gasteiger partial charge on any atom is 0.432 e. The molecule has 0 bridgehead atoms. The predicted molar refractivity (Wildman–Crippen MR) is 60.9 cm³/mol. The lowest BCUT2D eigenvalue weighted by Gasteiger charge is -1.98. The highest BCUT2D eigenvalue weighted by Gasteiger charge is 2.19. The summed E-state index contributed by atoms with van der Waals surface area (Å²) in [6.45, 7) is 1.53. The molecule has 92 valence electrons. The Hall–Kier alpha value is -2.28. The van der Waals surface area contributed by atoms with Crippen LogP contribution in [0.4, 0.5) is 4.79 Å². The minimum atomic E-state index is -1.26. The second kappa shape index (κ2) is 4.53. The van der Waals surface area contributed by atoms with Crippen molar-refractivity contribution in [2.24, 2.45) is 0 Å². The Bertz CT molecular complexity index is 638. The number of nitrogens with zero attached hydrogens (tertiary/aromatic N) is 4. The highest BCUT2D eigenvalue weighted by Crippen LogP contribution is 2.15. The van der Waals surface area contributed by atoms with Gasteiger partial charge in [-0.25, -0.2) is 14.8 Å². The van der Waals surface area contributed by atoms with Gasteiger partial charge in [-0.05, 0) is 13.0 Å². The summed E-state index contributed by atoms with van der Waals surface area (Å²) in [5.41, 5.74) is 0.389. The number of rotatable bonds is 2. The van der Waals surface area contributed by atoms with E-state index >= 15 is 0 Å². The molecular weight excluding hydrogens is 260 g/mol.